The standard InChI is InChI=1S/C15H21Cl3O3S/c1-13(2,3)10-7-8-12(11(9-10)14(4,5)6)21-22(19,20)15(16,17)18/h7-9H,1-6H3. The summed E-state index contributed by atoms with van der Waals surface area (Å²) in [7, 11) is -4.39. The van der Waals surface area contributed by atoms with Crippen molar-refractivity contribution in [2.24, 2.45) is 0 Å². The number of halogens is 3. The van der Waals surface area contributed by atoms with Crippen molar-refractivity contribution in [1.82, 2.24) is 0 Å². The SMILES string of the molecule is CC(C)(C)c1ccc(OS(=O)(=O)C(Cl)(Cl)Cl)c(C(C)(C)C)c1. The minimum Gasteiger partial charge on any atom is -0.379 e. The molecular weight excluding hydrogens is 367 g/mol. The Morgan fingerprint density at radius 1 is 0.909 bits per heavy atom. The third kappa shape index (κ3) is 4.67. The second-order valence-corrected chi connectivity index (χ2v) is 11.8. The maximum Gasteiger partial charge on any atom is 0.358 e. The van der Waals surface area contributed by atoms with E-state index in [-0.39, 0.29) is 16.6 Å². The number of benzene rings is 1. The Morgan fingerprint density at radius 2 is 1.41 bits per heavy atom. The van der Waals surface area contributed by atoms with Crippen LogP contribution in [-0.2, 0) is 20.9 Å². The van der Waals surface area contributed by atoms with Gasteiger partial charge in [0.1, 0.15) is 5.75 Å². The van der Waals surface area contributed by atoms with Gasteiger partial charge < -0.3 is 4.18 Å². The van der Waals surface area contributed by atoms with Crippen LogP contribution >= 0.6 is 34.8 Å². The molecule has 0 N–H and O–H groups in total. The molecule has 0 atom stereocenters. The van der Waals surface area contributed by atoms with E-state index in [1.807, 2.05) is 32.9 Å². The lowest BCUT2D eigenvalue weighted by molar-refractivity contribution is 0.469. The quantitative estimate of drug-likeness (QED) is 0.509. The van der Waals surface area contributed by atoms with Crippen LogP contribution in [0.5, 0.6) is 5.75 Å². The highest BCUT2D eigenvalue weighted by Gasteiger charge is 2.41. The molecule has 0 saturated heterocycles. The monoisotopic (exact) mass is 386 g/mol. The van der Waals surface area contributed by atoms with E-state index in [1.54, 1.807) is 6.07 Å². The molecule has 1 aromatic carbocycles. The fourth-order valence-corrected chi connectivity index (χ4v) is 2.58. The molecule has 1 rings (SSSR count). The fraction of sp³-hybridized carbons (Fsp3) is 0.600. The molecule has 0 spiro atoms. The van der Waals surface area contributed by atoms with Gasteiger partial charge in [0.05, 0.1) is 0 Å². The lowest BCUT2D eigenvalue weighted by Crippen LogP contribution is -2.27. The van der Waals surface area contributed by atoms with E-state index < -0.39 is 13.2 Å². The van der Waals surface area contributed by atoms with Gasteiger partial charge in [0.15, 0.2) is 0 Å². The van der Waals surface area contributed by atoms with Gasteiger partial charge in [-0.15, -0.1) is 0 Å². The highest BCUT2D eigenvalue weighted by Crippen LogP contribution is 2.39. The number of alkyl halides is 3. The highest BCUT2D eigenvalue weighted by atomic mass is 35.6. The number of hydrogen-bond donors (Lipinski definition) is 0. The van der Waals surface area contributed by atoms with Crippen LogP contribution in [0.15, 0.2) is 18.2 Å². The number of rotatable bonds is 2. The van der Waals surface area contributed by atoms with Crippen molar-refractivity contribution in [1.29, 1.82) is 0 Å². The third-order valence-corrected chi connectivity index (χ3v) is 5.80. The highest BCUT2D eigenvalue weighted by molar-refractivity contribution is 7.93. The van der Waals surface area contributed by atoms with Gasteiger partial charge in [-0.2, -0.15) is 8.42 Å². The van der Waals surface area contributed by atoms with Crippen LogP contribution in [0.4, 0.5) is 0 Å². The van der Waals surface area contributed by atoms with Crippen LogP contribution in [0.3, 0.4) is 0 Å². The smallest absolute Gasteiger partial charge is 0.358 e. The van der Waals surface area contributed by atoms with Crippen molar-refractivity contribution < 1.29 is 12.6 Å². The largest absolute Gasteiger partial charge is 0.379 e. The predicted molar refractivity (Wildman–Crippen MR) is 93.7 cm³/mol. The van der Waals surface area contributed by atoms with Crippen molar-refractivity contribution in [3.63, 3.8) is 0 Å². The molecule has 0 aliphatic rings. The summed E-state index contributed by atoms with van der Waals surface area (Å²) < 4.78 is 26.5. The van der Waals surface area contributed by atoms with E-state index in [1.165, 1.54) is 0 Å². The Kier molecular flexibility index (Phi) is 5.46. The molecule has 0 heterocycles. The summed E-state index contributed by atoms with van der Waals surface area (Å²) in [5.41, 5.74) is 1.39. The fourth-order valence-electron chi connectivity index (χ4n) is 1.82. The summed E-state index contributed by atoms with van der Waals surface area (Å²) in [6, 6.07) is 5.36. The predicted octanol–water partition coefficient (Wildman–Crippen LogP) is 5.32. The van der Waals surface area contributed by atoms with E-state index in [9.17, 15) is 8.42 Å². The minimum atomic E-state index is -4.39. The van der Waals surface area contributed by atoms with Gasteiger partial charge >= 0.3 is 13.2 Å². The molecule has 0 amide bonds. The normalized spacial score (nSPS) is 14.0. The lowest BCUT2D eigenvalue weighted by Gasteiger charge is -2.27. The molecule has 0 saturated carbocycles. The molecule has 0 aliphatic heterocycles. The van der Waals surface area contributed by atoms with Crippen LogP contribution in [0, 0.1) is 0 Å². The van der Waals surface area contributed by atoms with Crippen molar-refractivity contribution in [2.45, 2.75) is 55.5 Å². The molecule has 0 unspecified atom stereocenters. The van der Waals surface area contributed by atoms with Gasteiger partial charge in [0.2, 0.25) is 0 Å². The molecule has 0 fully saturated rings. The Hall–Kier alpha value is -0.160. The topological polar surface area (TPSA) is 43.4 Å². The van der Waals surface area contributed by atoms with Crippen molar-refractivity contribution in [2.75, 3.05) is 0 Å². The molecule has 126 valence electrons. The van der Waals surface area contributed by atoms with Crippen LogP contribution in [0.2, 0.25) is 0 Å². The Balaban J connectivity index is 3.45. The molecule has 1 aromatic rings. The zero-order valence-electron chi connectivity index (χ0n) is 13.5. The maximum absolute atomic E-state index is 12.0. The minimum absolute atomic E-state index is 0.0768. The van der Waals surface area contributed by atoms with E-state index in [0.717, 1.165) is 11.1 Å². The average molecular weight is 388 g/mol. The van der Waals surface area contributed by atoms with Crippen LogP contribution in [0.25, 0.3) is 0 Å². The lowest BCUT2D eigenvalue weighted by atomic mass is 9.80. The Morgan fingerprint density at radius 3 is 1.77 bits per heavy atom. The van der Waals surface area contributed by atoms with E-state index in [0.29, 0.717) is 0 Å². The number of hydrogen-bond acceptors (Lipinski definition) is 3. The van der Waals surface area contributed by atoms with Gasteiger partial charge in [-0.1, -0.05) is 88.5 Å². The Labute approximate surface area is 148 Å². The van der Waals surface area contributed by atoms with Crippen molar-refractivity contribution >= 4 is 44.9 Å². The first-order chi connectivity index (χ1) is 9.56. The third-order valence-electron chi connectivity index (χ3n) is 3.14. The second-order valence-electron chi connectivity index (χ2n) is 7.19. The van der Waals surface area contributed by atoms with E-state index in [2.05, 4.69) is 20.8 Å². The van der Waals surface area contributed by atoms with Crippen LogP contribution < -0.4 is 4.18 Å². The summed E-state index contributed by atoms with van der Waals surface area (Å²) in [6.45, 7) is 12.1. The first-order valence-corrected chi connectivity index (χ1v) is 9.26. The first kappa shape index (κ1) is 19.9. The molecule has 22 heavy (non-hydrogen) atoms. The van der Waals surface area contributed by atoms with Gasteiger partial charge in [-0.3, -0.25) is 0 Å². The zero-order chi connectivity index (χ0) is 17.6. The maximum atomic E-state index is 12.0. The molecule has 7 heteroatoms. The Bertz CT molecular complexity index is 648. The van der Waals surface area contributed by atoms with Crippen molar-refractivity contribution in [3.05, 3.63) is 29.3 Å². The summed E-state index contributed by atoms with van der Waals surface area (Å²) >= 11 is 16.4. The molecule has 0 radical (unpaired) electrons. The first-order valence-electron chi connectivity index (χ1n) is 6.71. The summed E-state index contributed by atoms with van der Waals surface area (Å²) in [6.07, 6.45) is 0. The molecule has 0 aromatic heterocycles. The molecule has 3 nitrogen and oxygen atoms in total. The van der Waals surface area contributed by atoms with E-state index >= 15 is 0 Å². The van der Waals surface area contributed by atoms with Gasteiger partial charge in [0.25, 0.3) is 0 Å². The molecule has 0 aliphatic carbocycles. The summed E-state index contributed by atoms with van der Waals surface area (Å²) in [5.74, 6) is 0.173. The van der Waals surface area contributed by atoms with Crippen molar-refractivity contribution in [3.8, 4) is 5.75 Å². The van der Waals surface area contributed by atoms with E-state index in [4.69, 9.17) is 39.0 Å². The van der Waals surface area contributed by atoms with Crippen LogP contribution in [0.1, 0.15) is 52.7 Å². The van der Waals surface area contributed by atoms with Crippen LogP contribution in [-0.4, -0.2) is 11.5 Å². The second kappa shape index (κ2) is 6.04. The molecule has 0 bridgehead atoms. The average Bonchev–Trinajstić information content (AvgIpc) is 2.24. The summed E-state index contributed by atoms with van der Waals surface area (Å²) in [4.78, 5) is 0. The van der Waals surface area contributed by atoms with Gasteiger partial charge in [-0.25, -0.2) is 0 Å². The zero-order valence-corrected chi connectivity index (χ0v) is 16.6. The van der Waals surface area contributed by atoms with Gasteiger partial charge in [-0.05, 0) is 22.5 Å². The molecular formula is C15H21Cl3O3S. The summed E-state index contributed by atoms with van der Waals surface area (Å²) in [5, 5.41) is 0. The van der Waals surface area contributed by atoms with Gasteiger partial charge in [0, 0.05) is 5.56 Å².